The van der Waals surface area contributed by atoms with Crippen molar-refractivity contribution in [3.8, 4) is 0 Å². The fraction of sp³-hybridized carbons (Fsp3) is 0.789. The van der Waals surface area contributed by atoms with Crippen LogP contribution in [0.25, 0.3) is 0 Å². The van der Waals surface area contributed by atoms with Crippen molar-refractivity contribution in [2.24, 2.45) is 5.92 Å². The number of morpholine rings is 1. The normalized spacial score (nSPS) is 27.0. The second kappa shape index (κ2) is 8.78. The summed E-state index contributed by atoms with van der Waals surface area (Å²) in [5.41, 5.74) is 3.01. The highest BCUT2D eigenvalue weighted by Crippen LogP contribution is 2.21. The lowest BCUT2D eigenvalue weighted by molar-refractivity contribution is -0.147. The predicted octanol–water partition coefficient (Wildman–Crippen LogP) is 1.92. The zero-order valence-electron chi connectivity index (χ0n) is 16.4. The maximum atomic E-state index is 13.3. The van der Waals surface area contributed by atoms with E-state index < -0.39 is 0 Å². The number of nitrogens with zero attached hydrogens (tertiary/aromatic N) is 4. The van der Waals surface area contributed by atoms with Crippen LogP contribution in [0.15, 0.2) is 10.9 Å². The molecule has 7 heteroatoms. The summed E-state index contributed by atoms with van der Waals surface area (Å²) < 4.78 is 5.86. The van der Waals surface area contributed by atoms with Gasteiger partial charge < -0.3 is 9.64 Å². The van der Waals surface area contributed by atoms with E-state index in [4.69, 9.17) is 4.74 Å². The molecule has 1 aromatic rings. The van der Waals surface area contributed by atoms with Crippen LogP contribution in [0.1, 0.15) is 33.4 Å². The van der Waals surface area contributed by atoms with Gasteiger partial charge in [-0.25, -0.2) is 4.98 Å². The molecule has 0 aliphatic carbocycles. The molecule has 1 amide bonds. The molecule has 2 fully saturated rings. The number of carbonyl (C=O) groups excluding carboxylic acids is 1. The minimum atomic E-state index is -0.0473. The first kappa shape index (κ1) is 19.7. The van der Waals surface area contributed by atoms with Gasteiger partial charge in [0, 0.05) is 51.2 Å². The van der Waals surface area contributed by atoms with Crippen molar-refractivity contribution in [2.75, 3.05) is 39.3 Å². The topological polar surface area (TPSA) is 48.9 Å². The molecule has 6 nitrogen and oxygen atoms in total. The first-order valence-corrected chi connectivity index (χ1v) is 10.7. The average molecular weight is 381 g/mol. The SMILES string of the molecule is CC1CN(C(C(=O)N2CCN(Cc3cscn3)CC2)C(C)C)CC(C)O1. The Morgan fingerprint density at radius 3 is 2.42 bits per heavy atom. The lowest BCUT2D eigenvalue weighted by Crippen LogP contribution is -2.60. The molecular formula is C19H32N4O2S. The predicted molar refractivity (Wildman–Crippen MR) is 104 cm³/mol. The van der Waals surface area contributed by atoms with Crippen LogP contribution in [0.4, 0.5) is 0 Å². The van der Waals surface area contributed by atoms with Crippen molar-refractivity contribution < 1.29 is 9.53 Å². The number of piperazine rings is 1. The summed E-state index contributed by atoms with van der Waals surface area (Å²) in [5.74, 6) is 0.586. The van der Waals surface area contributed by atoms with Crippen molar-refractivity contribution in [1.82, 2.24) is 19.7 Å². The molecule has 0 N–H and O–H groups in total. The van der Waals surface area contributed by atoms with Gasteiger partial charge in [0.1, 0.15) is 0 Å². The molecule has 3 rings (SSSR count). The number of hydrogen-bond donors (Lipinski definition) is 0. The Morgan fingerprint density at radius 2 is 1.88 bits per heavy atom. The minimum Gasteiger partial charge on any atom is -0.373 e. The Balaban J connectivity index is 1.58. The molecule has 0 saturated carbocycles. The molecule has 0 aromatic carbocycles. The van der Waals surface area contributed by atoms with E-state index in [1.54, 1.807) is 11.3 Å². The molecule has 3 unspecified atom stereocenters. The Labute approximate surface area is 161 Å². The summed E-state index contributed by atoms with van der Waals surface area (Å²) in [4.78, 5) is 24.5. The third-order valence-corrected chi connectivity index (χ3v) is 5.91. The van der Waals surface area contributed by atoms with Crippen molar-refractivity contribution in [3.05, 3.63) is 16.6 Å². The molecule has 26 heavy (non-hydrogen) atoms. The van der Waals surface area contributed by atoms with E-state index in [2.05, 4.69) is 52.8 Å². The van der Waals surface area contributed by atoms with Crippen molar-refractivity contribution in [1.29, 1.82) is 0 Å². The molecule has 0 bridgehead atoms. The maximum absolute atomic E-state index is 13.3. The van der Waals surface area contributed by atoms with Crippen LogP contribution >= 0.6 is 11.3 Å². The van der Waals surface area contributed by atoms with Crippen molar-refractivity contribution in [3.63, 3.8) is 0 Å². The molecule has 0 radical (unpaired) electrons. The summed E-state index contributed by atoms with van der Waals surface area (Å²) in [6.07, 6.45) is 0.366. The van der Waals surface area contributed by atoms with Crippen LogP contribution < -0.4 is 0 Å². The van der Waals surface area contributed by atoms with E-state index in [9.17, 15) is 4.79 Å². The van der Waals surface area contributed by atoms with Crippen LogP contribution in [0.2, 0.25) is 0 Å². The third-order valence-electron chi connectivity index (χ3n) is 5.28. The third kappa shape index (κ3) is 4.82. The van der Waals surface area contributed by atoms with Crippen molar-refractivity contribution >= 4 is 17.2 Å². The lowest BCUT2D eigenvalue weighted by atomic mass is 9.98. The average Bonchev–Trinajstić information content (AvgIpc) is 3.07. The van der Waals surface area contributed by atoms with Gasteiger partial charge in [-0.05, 0) is 19.8 Å². The van der Waals surface area contributed by atoms with Gasteiger partial charge in [0.2, 0.25) is 5.91 Å². The van der Waals surface area contributed by atoms with E-state index in [1.165, 1.54) is 0 Å². The number of amides is 1. The Bertz CT molecular complexity index is 562. The molecule has 3 atom stereocenters. The van der Waals surface area contributed by atoms with Gasteiger partial charge in [0.25, 0.3) is 0 Å². The quantitative estimate of drug-likeness (QED) is 0.781. The second-order valence-electron chi connectivity index (χ2n) is 7.98. The molecule has 2 saturated heterocycles. The summed E-state index contributed by atoms with van der Waals surface area (Å²) in [5, 5.41) is 2.10. The van der Waals surface area contributed by atoms with Crippen LogP contribution in [-0.2, 0) is 16.1 Å². The highest BCUT2D eigenvalue weighted by molar-refractivity contribution is 7.07. The maximum Gasteiger partial charge on any atom is 0.240 e. The monoisotopic (exact) mass is 380 g/mol. The number of aromatic nitrogens is 1. The largest absolute Gasteiger partial charge is 0.373 e. The Morgan fingerprint density at radius 1 is 1.23 bits per heavy atom. The summed E-state index contributed by atoms with van der Waals surface area (Å²) in [6, 6.07) is -0.0473. The number of ether oxygens (including phenoxy) is 1. The van der Waals surface area contributed by atoms with E-state index in [1.807, 2.05) is 5.51 Å². The number of hydrogen-bond acceptors (Lipinski definition) is 6. The molecule has 3 heterocycles. The fourth-order valence-corrected chi connectivity index (χ4v) is 4.72. The van der Waals surface area contributed by atoms with E-state index in [-0.39, 0.29) is 24.2 Å². The standard InChI is InChI=1S/C19H32N4O2S/c1-14(2)18(23-9-15(3)25-16(4)10-23)19(24)22-7-5-21(6-8-22)11-17-12-26-13-20-17/h12-16,18H,5-11H2,1-4H3. The highest BCUT2D eigenvalue weighted by Gasteiger charge is 2.37. The molecular weight excluding hydrogens is 348 g/mol. The van der Waals surface area contributed by atoms with Gasteiger partial charge in [0.05, 0.1) is 29.5 Å². The molecule has 146 valence electrons. The summed E-state index contributed by atoms with van der Waals surface area (Å²) in [7, 11) is 0. The summed E-state index contributed by atoms with van der Waals surface area (Å²) in [6.45, 7) is 14.5. The van der Waals surface area contributed by atoms with Gasteiger partial charge in [0.15, 0.2) is 0 Å². The van der Waals surface area contributed by atoms with Gasteiger partial charge in [-0.1, -0.05) is 13.8 Å². The van der Waals surface area contributed by atoms with Gasteiger partial charge in [-0.15, -0.1) is 11.3 Å². The first-order chi connectivity index (χ1) is 12.4. The fourth-order valence-electron chi connectivity index (χ4n) is 4.17. The Kier molecular flexibility index (Phi) is 6.66. The van der Waals surface area contributed by atoms with Crippen LogP contribution in [0, 0.1) is 5.92 Å². The number of thiazole rings is 1. The second-order valence-corrected chi connectivity index (χ2v) is 8.70. The van der Waals surface area contributed by atoms with Crippen LogP contribution in [0.5, 0.6) is 0 Å². The van der Waals surface area contributed by atoms with Gasteiger partial charge in [-0.3, -0.25) is 14.6 Å². The van der Waals surface area contributed by atoms with Gasteiger partial charge in [-0.2, -0.15) is 0 Å². The van der Waals surface area contributed by atoms with Gasteiger partial charge >= 0.3 is 0 Å². The first-order valence-electron chi connectivity index (χ1n) is 9.71. The van der Waals surface area contributed by atoms with E-state index in [0.717, 1.165) is 51.5 Å². The zero-order chi connectivity index (χ0) is 18.7. The zero-order valence-corrected chi connectivity index (χ0v) is 17.2. The molecule has 2 aliphatic heterocycles. The molecule has 2 aliphatic rings. The lowest BCUT2D eigenvalue weighted by Gasteiger charge is -2.44. The number of carbonyl (C=O) groups is 1. The van der Waals surface area contributed by atoms with Crippen molar-refractivity contribution in [2.45, 2.75) is 52.5 Å². The Hall–Kier alpha value is -1.02. The van der Waals surface area contributed by atoms with Crippen LogP contribution in [0.3, 0.4) is 0 Å². The van der Waals surface area contributed by atoms with Crippen LogP contribution in [-0.4, -0.2) is 83.1 Å². The molecule has 0 spiro atoms. The minimum absolute atomic E-state index is 0.0473. The smallest absolute Gasteiger partial charge is 0.240 e. The number of rotatable bonds is 5. The van der Waals surface area contributed by atoms with E-state index in [0.29, 0.717) is 5.92 Å². The highest BCUT2D eigenvalue weighted by atomic mass is 32.1. The summed E-state index contributed by atoms with van der Waals surface area (Å²) >= 11 is 1.64. The molecule has 1 aromatic heterocycles. The van der Waals surface area contributed by atoms with E-state index >= 15 is 0 Å².